The molecule has 0 N–H and O–H groups in total. The molecule has 144 valence electrons. The minimum absolute atomic E-state index is 0.00210. The molecule has 0 radical (unpaired) electrons. The highest BCUT2D eigenvalue weighted by atomic mass is 32.2. The number of hydrogen-bond acceptors (Lipinski definition) is 4. The number of carbonyl (C=O) groups excluding carboxylic acids is 1. The number of amidine groups is 1. The molecule has 5 nitrogen and oxygen atoms in total. The molecular formula is C20H31N3O2S. The van der Waals surface area contributed by atoms with Crippen molar-refractivity contribution in [2.75, 3.05) is 17.3 Å². The topological polar surface area (TPSA) is 45.1 Å². The molecular weight excluding hydrogens is 346 g/mol. The summed E-state index contributed by atoms with van der Waals surface area (Å²) < 4.78 is 5.69. The highest BCUT2D eigenvalue weighted by Crippen LogP contribution is 2.29. The Kier molecular flexibility index (Phi) is 6.98. The second-order valence-electron chi connectivity index (χ2n) is 7.71. The van der Waals surface area contributed by atoms with Crippen molar-refractivity contribution >= 4 is 28.6 Å². The van der Waals surface area contributed by atoms with Crippen LogP contribution in [0.2, 0.25) is 0 Å². The zero-order valence-corrected chi connectivity index (χ0v) is 17.6. The summed E-state index contributed by atoms with van der Waals surface area (Å²) in [5, 5.41) is 0.826. The van der Waals surface area contributed by atoms with E-state index in [9.17, 15) is 4.79 Å². The second-order valence-corrected chi connectivity index (χ2v) is 8.63. The zero-order valence-electron chi connectivity index (χ0n) is 16.8. The summed E-state index contributed by atoms with van der Waals surface area (Å²) in [7, 11) is 0. The molecule has 6 heteroatoms. The van der Waals surface area contributed by atoms with Crippen LogP contribution in [-0.2, 0) is 0 Å². The van der Waals surface area contributed by atoms with Crippen molar-refractivity contribution in [2.45, 2.75) is 66.0 Å². The Morgan fingerprint density at radius 1 is 1.23 bits per heavy atom. The van der Waals surface area contributed by atoms with Gasteiger partial charge in [-0.2, -0.15) is 0 Å². The van der Waals surface area contributed by atoms with Crippen LogP contribution in [0, 0.1) is 0 Å². The summed E-state index contributed by atoms with van der Waals surface area (Å²) in [5.41, 5.74) is 0.681. The molecule has 26 heavy (non-hydrogen) atoms. The number of amides is 2. The van der Waals surface area contributed by atoms with Gasteiger partial charge in [-0.15, -0.1) is 0 Å². The van der Waals surface area contributed by atoms with Gasteiger partial charge in [0.2, 0.25) is 0 Å². The quantitative estimate of drug-likeness (QED) is 0.670. The Hall–Kier alpha value is -1.69. The summed E-state index contributed by atoms with van der Waals surface area (Å²) in [4.78, 5) is 21.5. The van der Waals surface area contributed by atoms with Gasteiger partial charge < -0.3 is 4.74 Å². The van der Waals surface area contributed by atoms with E-state index in [2.05, 4.69) is 27.7 Å². The van der Waals surface area contributed by atoms with E-state index in [1.54, 1.807) is 16.7 Å². The summed E-state index contributed by atoms with van der Waals surface area (Å²) in [6.07, 6.45) is 2.14. The second kappa shape index (κ2) is 8.80. The lowest BCUT2D eigenvalue weighted by atomic mass is 10.1. The Balaban J connectivity index is 2.21. The molecule has 1 aromatic carbocycles. The van der Waals surface area contributed by atoms with Crippen LogP contribution in [-0.4, -0.2) is 40.2 Å². The largest absolute Gasteiger partial charge is 0.491 e. The third kappa shape index (κ3) is 5.66. The van der Waals surface area contributed by atoms with Crippen LogP contribution in [0.25, 0.3) is 0 Å². The summed E-state index contributed by atoms with van der Waals surface area (Å²) in [6, 6.07) is 7.73. The van der Waals surface area contributed by atoms with E-state index in [0.717, 1.165) is 29.4 Å². The Morgan fingerprint density at radius 2 is 1.88 bits per heavy atom. The van der Waals surface area contributed by atoms with Gasteiger partial charge in [0.15, 0.2) is 5.17 Å². The lowest BCUT2D eigenvalue weighted by molar-refractivity contribution is 0.227. The number of benzene rings is 1. The van der Waals surface area contributed by atoms with E-state index in [4.69, 9.17) is 9.73 Å². The van der Waals surface area contributed by atoms with Crippen LogP contribution in [0.3, 0.4) is 0 Å². The fraction of sp³-hybridized carbons (Fsp3) is 0.600. The van der Waals surface area contributed by atoms with Crippen molar-refractivity contribution in [3.05, 3.63) is 24.3 Å². The maximum absolute atomic E-state index is 13.1. The normalized spacial score (nSPS) is 17.3. The number of rotatable bonds is 6. The molecule has 0 unspecified atom stereocenters. The van der Waals surface area contributed by atoms with Gasteiger partial charge in [-0.1, -0.05) is 25.1 Å². The third-order valence-corrected chi connectivity index (χ3v) is 4.66. The average Bonchev–Trinajstić information content (AvgIpc) is 2.54. The smallest absolute Gasteiger partial charge is 0.331 e. The first-order chi connectivity index (χ1) is 12.2. The van der Waals surface area contributed by atoms with Crippen molar-refractivity contribution in [3.8, 4) is 5.75 Å². The van der Waals surface area contributed by atoms with E-state index in [1.165, 1.54) is 0 Å². The lowest BCUT2D eigenvalue weighted by Crippen LogP contribution is -2.51. The van der Waals surface area contributed by atoms with Crippen LogP contribution in [0.15, 0.2) is 29.3 Å². The van der Waals surface area contributed by atoms with Gasteiger partial charge >= 0.3 is 6.03 Å². The van der Waals surface area contributed by atoms with Crippen LogP contribution in [0.1, 0.15) is 54.4 Å². The molecule has 1 heterocycles. The molecule has 1 aliphatic heterocycles. The number of thioether (sulfide) groups is 1. The molecule has 0 spiro atoms. The van der Waals surface area contributed by atoms with Gasteiger partial charge in [-0.25, -0.2) is 4.79 Å². The standard InChI is InChI=1S/C20H31N3O2S/c1-7-8-13-22-18(21-20(4,5)6)26-14-23(19(22)24)16-9-11-17(12-10-16)25-15(2)3/h9-12,15H,7-8,13-14H2,1-6H3. The molecule has 0 saturated carbocycles. The van der Waals surface area contributed by atoms with Crippen LogP contribution >= 0.6 is 11.8 Å². The Morgan fingerprint density at radius 3 is 2.42 bits per heavy atom. The minimum atomic E-state index is -0.203. The molecule has 0 bridgehead atoms. The first-order valence-electron chi connectivity index (χ1n) is 9.29. The van der Waals surface area contributed by atoms with Crippen molar-refractivity contribution < 1.29 is 9.53 Å². The first kappa shape index (κ1) is 20.6. The van der Waals surface area contributed by atoms with Crippen molar-refractivity contribution in [3.63, 3.8) is 0 Å². The number of carbonyl (C=O) groups is 1. The number of nitrogens with zero attached hydrogens (tertiary/aromatic N) is 3. The fourth-order valence-corrected chi connectivity index (χ4v) is 3.70. The Bertz CT molecular complexity index is 635. The Labute approximate surface area is 161 Å². The predicted molar refractivity (Wildman–Crippen MR) is 111 cm³/mol. The van der Waals surface area contributed by atoms with Gasteiger partial charge in [0, 0.05) is 12.2 Å². The van der Waals surface area contributed by atoms with Crippen LogP contribution in [0.4, 0.5) is 10.5 Å². The van der Waals surface area contributed by atoms with Crippen molar-refractivity contribution in [2.24, 2.45) is 4.99 Å². The molecule has 1 aliphatic rings. The molecule has 0 aliphatic carbocycles. The number of aliphatic imine (C=N–C) groups is 1. The number of ether oxygens (including phenoxy) is 1. The summed E-state index contributed by atoms with van der Waals surface area (Å²) in [6.45, 7) is 13.0. The van der Waals surface area contributed by atoms with Gasteiger partial charge in [0.05, 0.1) is 17.5 Å². The zero-order chi connectivity index (χ0) is 19.3. The molecule has 2 amide bonds. The maximum atomic E-state index is 13.1. The minimum Gasteiger partial charge on any atom is -0.491 e. The number of anilines is 1. The molecule has 1 aromatic rings. The molecule has 0 aromatic heterocycles. The summed E-state index contributed by atoms with van der Waals surface area (Å²) >= 11 is 1.62. The number of urea groups is 1. The van der Waals surface area contributed by atoms with Gasteiger partial charge in [0.1, 0.15) is 5.75 Å². The fourth-order valence-electron chi connectivity index (χ4n) is 2.53. The van der Waals surface area contributed by atoms with Crippen molar-refractivity contribution in [1.82, 2.24) is 4.90 Å². The molecule has 1 fully saturated rings. The number of unbranched alkanes of at least 4 members (excludes halogenated alkanes) is 1. The number of hydrogen-bond donors (Lipinski definition) is 0. The van der Waals surface area contributed by atoms with E-state index in [-0.39, 0.29) is 17.7 Å². The summed E-state index contributed by atoms with van der Waals surface area (Å²) in [5.74, 6) is 1.39. The van der Waals surface area contributed by atoms with Crippen molar-refractivity contribution in [1.29, 1.82) is 0 Å². The predicted octanol–water partition coefficient (Wildman–Crippen LogP) is 5.36. The van der Waals surface area contributed by atoms with E-state index >= 15 is 0 Å². The average molecular weight is 378 g/mol. The SMILES string of the molecule is CCCCN1C(=O)N(c2ccc(OC(C)C)cc2)CSC1=NC(C)(C)C. The highest BCUT2D eigenvalue weighted by Gasteiger charge is 2.32. The maximum Gasteiger partial charge on any atom is 0.331 e. The molecule has 2 rings (SSSR count). The van der Waals surface area contributed by atoms with Crippen LogP contribution in [0.5, 0.6) is 5.75 Å². The van der Waals surface area contributed by atoms with Crippen LogP contribution < -0.4 is 9.64 Å². The van der Waals surface area contributed by atoms with E-state index in [0.29, 0.717) is 12.4 Å². The van der Waals surface area contributed by atoms with Gasteiger partial charge in [-0.3, -0.25) is 14.8 Å². The highest BCUT2D eigenvalue weighted by molar-refractivity contribution is 8.14. The van der Waals surface area contributed by atoms with Gasteiger partial charge in [0.25, 0.3) is 0 Å². The van der Waals surface area contributed by atoms with E-state index in [1.807, 2.05) is 43.0 Å². The van der Waals surface area contributed by atoms with Gasteiger partial charge in [-0.05, 0) is 65.3 Å². The lowest BCUT2D eigenvalue weighted by Gasteiger charge is -2.36. The molecule has 0 atom stereocenters. The molecule has 1 saturated heterocycles. The third-order valence-electron chi connectivity index (χ3n) is 3.70. The first-order valence-corrected chi connectivity index (χ1v) is 10.3. The monoisotopic (exact) mass is 377 g/mol. The van der Waals surface area contributed by atoms with E-state index < -0.39 is 0 Å².